The minimum Gasteiger partial charge on any atom is -0.368 e. The van der Waals surface area contributed by atoms with Crippen LogP contribution < -0.4 is 10.6 Å². The van der Waals surface area contributed by atoms with Crippen molar-refractivity contribution in [1.82, 2.24) is 20.1 Å². The van der Waals surface area contributed by atoms with Gasteiger partial charge in [-0.3, -0.25) is 9.48 Å². The van der Waals surface area contributed by atoms with Gasteiger partial charge in [0.15, 0.2) is 0 Å². The topological polar surface area (TPSA) is 71.8 Å². The number of aromatic nitrogens is 3. The van der Waals surface area contributed by atoms with Crippen LogP contribution in [0.4, 0.5) is 5.82 Å². The van der Waals surface area contributed by atoms with Crippen molar-refractivity contribution in [3.63, 3.8) is 0 Å². The molecule has 2 heterocycles. The van der Waals surface area contributed by atoms with Crippen molar-refractivity contribution in [2.24, 2.45) is 7.05 Å². The van der Waals surface area contributed by atoms with E-state index in [2.05, 4.69) is 20.7 Å². The number of carbonyl (C=O) groups is 1. The van der Waals surface area contributed by atoms with Gasteiger partial charge in [-0.1, -0.05) is 18.2 Å². The van der Waals surface area contributed by atoms with Crippen LogP contribution in [0, 0.1) is 0 Å². The van der Waals surface area contributed by atoms with Gasteiger partial charge >= 0.3 is 0 Å². The Morgan fingerprint density at radius 2 is 2.04 bits per heavy atom. The lowest BCUT2D eigenvalue weighted by atomic mass is 10.2. The van der Waals surface area contributed by atoms with Crippen molar-refractivity contribution in [3.05, 3.63) is 54.4 Å². The first-order valence-corrected chi connectivity index (χ1v) is 7.54. The van der Waals surface area contributed by atoms with Crippen molar-refractivity contribution in [3.8, 4) is 0 Å². The van der Waals surface area contributed by atoms with E-state index in [-0.39, 0.29) is 5.91 Å². The number of hydrogen-bond acceptors (Lipinski definition) is 4. The molecule has 2 N–H and O–H groups in total. The molecule has 3 aromatic rings. The number of aryl methyl sites for hydroxylation is 1. The zero-order valence-electron chi connectivity index (χ0n) is 13.0. The van der Waals surface area contributed by atoms with Crippen LogP contribution >= 0.6 is 0 Å². The van der Waals surface area contributed by atoms with Crippen LogP contribution in [-0.2, 0) is 18.3 Å². The van der Waals surface area contributed by atoms with Crippen LogP contribution in [0.15, 0.2) is 48.8 Å². The Hall–Kier alpha value is -2.89. The van der Waals surface area contributed by atoms with Crippen LogP contribution in [0.2, 0.25) is 0 Å². The summed E-state index contributed by atoms with van der Waals surface area (Å²) in [7, 11) is 1.84. The highest BCUT2D eigenvalue weighted by molar-refractivity contribution is 5.80. The van der Waals surface area contributed by atoms with E-state index in [9.17, 15) is 4.79 Å². The van der Waals surface area contributed by atoms with Crippen LogP contribution in [0.25, 0.3) is 10.9 Å². The summed E-state index contributed by atoms with van der Waals surface area (Å²) >= 11 is 0. The van der Waals surface area contributed by atoms with Crippen molar-refractivity contribution in [2.45, 2.75) is 6.42 Å². The summed E-state index contributed by atoms with van der Waals surface area (Å²) in [5, 5.41) is 11.3. The second-order valence-corrected chi connectivity index (χ2v) is 5.36. The maximum absolute atomic E-state index is 11.8. The lowest BCUT2D eigenvalue weighted by Gasteiger charge is -2.08. The molecule has 0 aliphatic heterocycles. The second-order valence-electron chi connectivity index (χ2n) is 5.36. The number of anilines is 1. The number of fused-ring (bicyclic) bond motifs is 1. The van der Waals surface area contributed by atoms with Crippen molar-refractivity contribution in [2.75, 3.05) is 18.4 Å². The Morgan fingerprint density at radius 1 is 1.17 bits per heavy atom. The van der Waals surface area contributed by atoms with Crippen LogP contribution in [0.3, 0.4) is 0 Å². The second kappa shape index (κ2) is 6.91. The number of para-hydroxylation sites is 1. The van der Waals surface area contributed by atoms with E-state index in [0.717, 1.165) is 22.3 Å². The molecule has 0 aliphatic carbocycles. The lowest BCUT2D eigenvalue weighted by Crippen LogP contribution is -2.30. The van der Waals surface area contributed by atoms with Crippen molar-refractivity contribution in [1.29, 1.82) is 0 Å². The molecule has 0 fully saturated rings. The third-order valence-electron chi connectivity index (χ3n) is 3.47. The number of nitrogens with zero attached hydrogens (tertiary/aromatic N) is 3. The summed E-state index contributed by atoms with van der Waals surface area (Å²) in [6.07, 6.45) is 3.90. The summed E-state index contributed by atoms with van der Waals surface area (Å²) in [5.74, 6) is 0.802. The summed E-state index contributed by atoms with van der Waals surface area (Å²) in [6, 6.07) is 12.0. The Morgan fingerprint density at radius 3 is 2.87 bits per heavy atom. The fraction of sp³-hybridized carbons (Fsp3) is 0.235. The number of amides is 1. The number of rotatable bonds is 6. The number of hydrogen-bond donors (Lipinski definition) is 2. The Labute approximate surface area is 134 Å². The molecule has 0 radical (unpaired) electrons. The average Bonchev–Trinajstić information content (AvgIpc) is 2.96. The zero-order chi connectivity index (χ0) is 16.1. The highest BCUT2D eigenvalue weighted by Crippen LogP contribution is 2.14. The van der Waals surface area contributed by atoms with Gasteiger partial charge in [0, 0.05) is 31.7 Å². The first-order chi connectivity index (χ1) is 11.2. The summed E-state index contributed by atoms with van der Waals surface area (Å²) in [6.45, 7) is 1.18. The first-order valence-electron chi connectivity index (χ1n) is 7.54. The molecule has 6 nitrogen and oxygen atoms in total. The molecule has 3 rings (SSSR count). The predicted molar refractivity (Wildman–Crippen MR) is 90.2 cm³/mol. The fourth-order valence-corrected chi connectivity index (χ4v) is 2.37. The number of benzene rings is 1. The highest BCUT2D eigenvalue weighted by atomic mass is 16.1. The van der Waals surface area contributed by atoms with Gasteiger partial charge in [0.2, 0.25) is 5.91 Å². The van der Waals surface area contributed by atoms with Crippen LogP contribution in [0.5, 0.6) is 0 Å². The van der Waals surface area contributed by atoms with E-state index in [1.807, 2.05) is 49.6 Å². The molecule has 1 amide bonds. The van der Waals surface area contributed by atoms with Gasteiger partial charge in [-0.15, -0.1) is 0 Å². The molecule has 0 bridgehead atoms. The molecule has 2 aromatic heterocycles. The van der Waals surface area contributed by atoms with Gasteiger partial charge in [0.25, 0.3) is 0 Å². The van der Waals surface area contributed by atoms with Gasteiger partial charge < -0.3 is 10.6 Å². The third kappa shape index (κ3) is 4.06. The van der Waals surface area contributed by atoms with E-state index in [1.165, 1.54) is 0 Å². The summed E-state index contributed by atoms with van der Waals surface area (Å²) in [4.78, 5) is 16.3. The maximum Gasteiger partial charge on any atom is 0.224 e. The SMILES string of the molecule is Cn1cc(CC(=O)NCCNc2ccc3ccccc3n2)cn1. The standard InChI is InChI=1S/C17H19N5O/c1-22-12-13(11-20-22)10-17(23)19-9-8-18-16-7-6-14-4-2-3-5-15(14)21-16/h2-7,11-12H,8-10H2,1H3,(H,18,21)(H,19,23). The Kier molecular flexibility index (Phi) is 4.52. The molecule has 0 aliphatic rings. The smallest absolute Gasteiger partial charge is 0.224 e. The van der Waals surface area contributed by atoms with E-state index >= 15 is 0 Å². The molecule has 0 atom stereocenters. The van der Waals surface area contributed by atoms with Crippen molar-refractivity contribution < 1.29 is 4.79 Å². The van der Waals surface area contributed by atoms with E-state index in [4.69, 9.17) is 0 Å². The van der Waals surface area contributed by atoms with Crippen molar-refractivity contribution >= 4 is 22.6 Å². The summed E-state index contributed by atoms with van der Waals surface area (Å²) < 4.78 is 1.69. The summed E-state index contributed by atoms with van der Waals surface area (Å²) in [5.41, 5.74) is 1.87. The highest BCUT2D eigenvalue weighted by Gasteiger charge is 2.04. The lowest BCUT2D eigenvalue weighted by molar-refractivity contribution is -0.120. The van der Waals surface area contributed by atoms with Crippen LogP contribution in [0.1, 0.15) is 5.56 Å². The van der Waals surface area contributed by atoms with Crippen LogP contribution in [-0.4, -0.2) is 33.8 Å². The molecular weight excluding hydrogens is 290 g/mol. The minimum absolute atomic E-state index is 0.00808. The van der Waals surface area contributed by atoms with Gasteiger partial charge in [-0.25, -0.2) is 4.98 Å². The van der Waals surface area contributed by atoms with Gasteiger partial charge in [-0.05, 0) is 23.8 Å². The molecule has 6 heteroatoms. The normalized spacial score (nSPS) is 10.7. The first kappa shape index (κ1) is 15.0. The molecule has 23 heavy (non-hydrogen) atoms. The Balaban J connectivity index is 1.44. The van der Waals surface area contributed by atoms with Gasteiger partial charge in [-0.2, -0.15) is 5.10 Å². The largest absolute Gasteiger partial charge is 0.368 e. The zero-order valence-corrected chi connectivity index (χ0v) is 13.0. The quantitative estimate of drug-likeness (QED) is 0.680. The number of carbonyl (C=O) groups excluding carboxylic acids is 1. The molecule has 118 valence electrons. The molecule has 0 saturated heterocycles. The number of pyridine rings is 1. The molecule has 1 aromatic carbocycles. The molecule has 0 unspecified atom stereocenters. The van der Waals surface area contributed by atoms with E-state index < -0.39 is 0 Å². The number of nitrogens with one attached hydrogen (secondary N) is 2. The molecule has 0 spiro atoms. The predicted octanol–water partition coefficient (Wildman–Crippen LogP) is 1.74. The average molecular weight is 309 g/mol. The van der Waals surface area contributed by atoms with Gasteiger partial charge in [0.1, 0.15) is 5.82 Å². The minimum atomic E-state index is -0.00808. The van der Waals surface area contributed by atoms with E-state index in [1.54, 1.807) is 10.9 Å². The fourth-order valence-electron chi connectivity index (χ4n) is 2.37. The maximum atomic E-state index is 11.8. The van der Waals surface area contributed by atoms with E-state index in [0.29, 0.717) is 19.5 Å². The Bertz CT molecular complexity index is 811. The van der Waals surface area contributed by atoms with Gasteiger partial charge in [0.05, 0.1) is 18.1 Å². The molecule has 0 saturated carbocycles. The third-order valence-corrected chi connectivity index (χ3v) is 3.47. The monoisotopic (exact) mass is 309 g/mol. The molecular formula is C17H19N5O.